The first-order valence-electron chi connectivity index (χ1n) is 10.1. The molecule has 2 aromatic carbocycles. The molecule has 0 saturated carbocycles. The van der Waals surface area contributed by atoms with E-state index in [0.717, 1.165) is 6.08 Å². The number of carbonyl (C=O) groups excluding carboxylic acids is 3. The SMILES string of the molecule is O=C(/C=C/c1ccc2c(c1)C(=O)C(C(=O)Nc1ccccc1)C1(CCNCC1)O2)NO. The van der Waals surface area contributed by atoms with Gasteiger partial charge in [0, 0.05) is 24.6 Å². The van der Waals surface area contributed by atoms with Gasteiger partial charge in [0.05, 0.1) is 5.56 Å². The molecule has 8 nitrogen and oxygen atoms in total. The Morgan fingerprint density at radius 3 is 2.58 bits per heavy atom. The lowest BCUT2D eigenvalue weighted by Crippen LogP contribution is -2.59. The molecule has 2 aliphatic rings. The molecule has 1 fully saturated rings. The predicted molar refractivity (Wildman–Crippen MR) is 114 cm³/mol. The maximum absolute atomic E-state index is 13.6. The third kappa shape index (κ3) is 4.21. The minimum absolute atomic E-state index is 0.295. The van der Waals surface area contributed by atoms with E-state index in [4.69, 9.17) is 9.94 Å². The van der Waals surface area contributed by atoms with Crippen molar-refractivity contribution in [2.24, 2.45) is 5.92 Å². The molecule has 4 N–H and O–H groups in total. The van der Waals surface area contributed by atoms with E-state index in [0.29, 0.717) is 48.5 Å². The van der Waals surface area contributed by atoms with Gasteiger partial charge in [-0.3, -0.25) is 19.6 Å². The standard InChI is InChI=1S/C23H23N3O5/c27-19(26-30)9-7-15-6-8-18-17(14-15)21(28)20(23(31-18)10-12-24-13-11-23)22(29)25-16-4-2-1-3-5-16/h1-9,14,20,24,30H,10-13H2,(H,25,29)(H,26,27)/b9-7+. The van der Waals surface area contributed by atoms with Crippen LogP contribution in [0.1, 0.15) is 28.8 Å². The summed E-state index contributed by atoms with van der Waals surface area (Å²) in [6, 6.07) is 14.0. The molecule has 8 heteroatoms. The zero-order chi connectivity index (χ0) is 21.8. The van der Waals surface area contributed by atoms with Crippen molar-refractivity contribution in [3.05, 3.63) is 65.7 Å². The number of nitrogens with one attached hydrogen (secondary N) is 3. The van der Waals surface area contributed by atoms with Crippen LogP contribution in [0.4, 0.5) is 5.69 Å². The highest BCUT2D eigenvalue weighted by molar-refractivity contribution is 6.16. The number of ketones is 1. The van der Waals surface area contributed by atoms with E-state index in [2.05, 4.69) is 10.6 Å². The summed E-state index contributed by atoms with van der Waals surface area (Å²) in [6.45, 7) is 1.30. The Morgan fingerprint density at radius 1 is 1.13 bits per heavy atom. The highest BCUT2D eigenvalue weighted by Gasteiger charge is 2.53. The molecule has 2 aromatic rings. The molecular weight excluding hydrogens is 398 g/mol. The third-order valence-corrected chi connectivity index (χ3v) is 5.66. The Morgan fingerprint density at radius 2 is 1.87 bits per heavy atom. The van der Waals surface area contributed by atoms with E-state index in [1.807, 2.05) is 18.2 Å². The monoisotopic (exact) mass is 421 g/mol. The van der Waals surface area contributed by atoms with Crippen LogP contribution in [0.2, 0.25) is 0 Å². The molecule has 0 bridgehead atoms. The minimum Gasteiger partial charge on any atom is -0.485 e. The number of para-hydroxylation sites is 1. The van der Waals surface area contributed by atoms with Crippen LogP contribution in [0, 0.1) is 5.92 Å². The van der Waals surface area contributed by atoms with Gasteiger partial charge >= 0.3 is 0 Å². The maximum Gasteiger partial charge on any atom is 0.267 e. The largest absolute Gasteiger partial charge is 0.485 e. The topological polar surface area (TPSA) is 117 Å². The second kappa shape index (κ2) is 8.71. The normalized spacial score (nSPS) is 19.5. The maximum atomic E-state index is 13.6. The van der Waals surface area contributed by atoms with Crippen LogP contribution in [-0.4, -0.2) is 41.5 Å². The van der Waals surface area contributed by atoms with Crippen molar-refractivity contribution < 1.29 is 24.3 Å². The van der Waals surface area contributed by atoms with Crippen LogP contribution in [0.3, 0.4) is 0 Å². The number of hydrogen-bond donors (Lipinski definition) is 4. The van der Waals surface area contributed by atoms with E-state index in [1.54, 1.807) is 30.3 Å². The van der Waals surface area contributed by atoms with Crippen LogP contribution < -0.4 is 20.9 Å². The summed E-state index contributed by atoms with van der Waals surface area (Å²) in [5.41, 5.74) is 2.08. The van der Waals surface area contributed by atoms with Crippen molar-refractivity contribution in [2.45, 2.75) is 18.4 Å². The van der Waals surface area contributed by atoms with E-state index < -0.39 is 23.3 Å². The summed E-state index contributed by atoms with van der Waals surface area (Å²) in [5, 5.41) is 14.7. The van der Waals surface area contributed by atoms with Gasteiger partial charge in [-0.2, -0.15) is 0 Å². The van der Waals surface area contributed by atoms with E-state index in [1.165, 1.54) is 11.6 Å². The number of hydroxylamine groups is 1. The summed E-state index contributed by atoms with van der Waals surface area (Å²) in [6.07, 6.45) is 3.67. The highest BCUT2D eigenvalue weighted by Crippen LogP contribution is 2.43. The van der Waals surface area contributed by atoms with Crippen LogP contribution in [0.5, 0.6) is 5.75 Å². The van der Waals surface area contributed by atoms with Crippen LogP contribution >= 0.6 is 0 Å². The predicted octanol–water partition coefficient (Wildman–Crippen LogP) is 2.16. The first kappa shape index (κ1) is 20.8. The Bertz CT molecular complexity index is 1030. The van der Waals surface area contributed by atoms with Crippen molar-refractivity contribution in [1.82, 2.24) is 10.8 Å². The van der Waals surface area contributed by atoms with Gasteiger partial charge in [-0.25, -0.2) is 5.48 Å². The Labute approximate surface area is 179 Å². The van der Waals surface area contributed by atoms with Gasteiger partial charge in [0.25, 0.3) is 5.91 Å². The van der Waals surface area contributed by atoms with Crippen LogP contribution in [0.25, 0.3) is 6.08 Å². The lowest BCUT2D eigenvalue weighted by Gasteiger charge is -2.45. The average Bonchev–Trinajstić information content (AvgIpc) is 2.79. The summed E-state index contributed by atoms with van der Waals surface area (Å²) >= 11 is 0. The Balaban J connectivity index is 1.69. The van der Waals surface area contributed by atoms with Gasteiger partial charge in [0.15, 0.2) is 5.78 Å². The zero-order valence-electron chi connectivity index (χ0n) is 16.8. The van der Waals surface area contributed by atoms with Crippen LogP contribution in [0.15, 0.2) is 54.6 Å². The molecule has 0 radical (unpaired) electrons. The number of fused-ring (bicyclic) bond motifs is 1. The molecule has 2 amide bonds. The molecule has 31 heavy (non-hydrogen) atoms. The highest BCUT2D eigenvalue weighted by atomic mass is 16.5. The van der Waals surface area contributed by atoms with E-state index >= 15 is 0 Å². The summed E-state index contributed by atoms with van der Waals surface area (Å²) in [7, 11) is 0. The number of carbonyl (C=O) groups is 3. The van der Waals surface area contributed by atoms with Gasteiger partial charge in [-0.15, -0.1) is 0 Å². The number of ether oxygens (including phenoxy) is 1. The number of rotatable bonds is 4. The number of piperidine rings is 1. The smallest absolute Gasteiger partial charge is 0.267 e. The van der Waals surface area contributed by atoms with Crippen molar-refractivity contribution in [2.75, 3.05) is 18.4 Å². The number of Topliss-reactive ketones (excluding diaryl/α,β-unsaturated/α-hetero) is 1. The summed E-state index contributed by atoms with van der Waals surface area (Å²) in [4.78, 5) is 38.1. The van der Waals surface area contributed by atoms with Crippen molar-refractivity contribution in [1.29, 1.82) is 0 Å². The second-order valence-corrected chi connectivity index (χ2v) is 7.63. The van der Waals surface area contributed by atoms with Crippen molar-refractivity contribution in [3.8, 4) is 5.75 Å². The molecule has 1 saturated heterocycles. The van der Waals surface area contributed by atoms with E-state index in [-0.39, 0.29) is 5.78 Å². The minimum atomic E-state index is -0.998. The molecule has 1 unspecified atom stereocenters. The fourth-order valence-corrected chi connectivity index (χ4v) is 4.15. The number of benzene rings is 2. The van der Waals surface area contributed by atoms with Crippen molar-refractivity contribution >= 4 is 29.4 Å². The molecule has 1 spiro atoms. The summed E-state index contributed by atoms with van der Waals surface area (Å²) in [5.74, 6) is -1.96. The number of amides is 2. The molecule has 0 aromatic heterocycles. The third-order valence-electron chi connectivity index (χ3n) is 5.66. The summed E-state index contributed by atoms with van der Waals surface area (Å²) < 4.78 is 6.34. The van der Waals surface area contributed by atoms with Gasteiger partial charge in [-0.1, -0.05) is 24.3 Å². The molecule has 160 valence electrons. The molecule has 2 aliphatic heterocycles. The molecule has 1 atom stereocenters. The van der Waals surface area contributed by atoms with Crippen LogP contribution in [-0.2, 0) is 9.59 Å². The number of anilines is 1. The molecule has 4 rings (SSSR count). The fraction of sp³-hybridized carbons (Fsp3) is 0.261. The molecule has 0 aliphatic carbocycles. The second-order valence-electron chi connectivity index (χ2n) is 7.63. The van der Waals surface area contributed by atoms with Gasteiger partial charge in [0.2, 0.25) is 5.91 Å². The molecular formula is C23H23N3O5. The quantitative estimate of drug-likeness (QED) is 0.260. The van der Waals surface area contributed by atoms with E-state index in [9.17, 15) is 14.4 Å². The first-order chi connectivity index (χ1) is 15.0. The lowest BCUT2D eigenvalue weighted by molar-refractivity contribution is -0.127. The first-order valence-corrected chi connectivity index (χ1v) is 10.1. The number of hydrogen-bond acceptors (Lipinski definition) is 6. The fourth-order valence-electron chi connectivity index (χ4n) is 4.15. The molecule has 2 heterocycles. The van der Waals surface area contributed by atoms with Gasteiger partial charge in [0.1, 0.15) is 17.3 Å². The lowest BCUT2D eigenvalue weighted by atomic mass is 9.73. The zero-order valence-corrected chi connectivity index (χ0v) is 16.8. The Kier molecular flexibility index (Phi) is 5.83. The average molecular weight is 421 g/mol. The van der Waals surface area contributed by atoms with Gasteiger partial charge < -0.3 is 15.4 Å². The Hall–Kier alpha value is -3.49. The van der Waals surface area contributed by atoms with Crippen molar-refractivity contribution in [3.63, 3.8) is 0 Å². The van der Waals surface area contributed by atoms with Gasteiger partial charge in [-0.05, 0) is 49.0 Å².